The lowest BCUT2D eigenvalue weighted by atomic mass is 9.64. The third-order valence-corrected chi connectivity index (χ3v) is 8.79. The Bertz CT molecular complexity index is 1120. The zero-order chi connectivity index (χ0) is 29.7. The number of fused-ring (bicyclic) bond motifs is 5. The van der Waals surface area contributed by atoms with Crippen LogP contribution in [0.25, 0.3) is 0 Å². The number of alkyl halides is 5. The van der Waals surface area contributed by atoms with Gasteiger partial charge in [-0.1, -0.05) is 12.2 Å². The topological polar surface area (TPSA) is 174 Å². The molecule has 1 saturated carbocycles. The number of amides is 5. The number of hydrogen-bond donors (Lipinski definition) is 4. The van der Waals surface area contributed by atoms with Crippen molar-refractivity contribution in [1.82, 2.24) is 15.5 Å². The fraction of sp³-hybridized carbons (Fsp3) is 0.708. The second kappa shape index (κ2) is 10.6. The fourth-order valence-electron chi connectivity index (χ4n) is 7.21. The molecular weight excluding hydrogens is 549 g/mol. The van der Waals surface area contributed by atoms with Gasteiger partial charge in [0, 0.05) is 24.9 Å². The van der Waals surface area contributed by atoms with Crippen molar-refractivity contribution in [1.29, 1.82) is 0 Å². The largest absolute Gasteiger partial charge is 0.471 e. The molecule has 0 spiro atoms. The van der Waals surface area contributed by atoms with Crippen molar-refractivity contribution in [3.05, 3.63) is 12.2 Å². The predicted octanol–water partition coefficient (Wildman–Crippen LogP) is -0.206. The summed E-state index contributed by atoms with van der Waals surface area (Å²) in [6, 6.07) is -2.34. The Morgan fingerprint density at radius 2 is 1.85 bits per heavy atom. The van der Waals surface area contributed by atoms with E-state index in [1.54, 1.807) is 6.08 Å². The Kier molecular flexibility index (Phi) is 7.86. The van der Waals surface area contributed by atoms with Crippen molar-refractivity contribution in [3.63, 3.8) is 0 Å². The van der Waals surface area contributed by atoms with Crippen LogP contribution in [0.2, 0.25) is 0 Å². The van der Waals surface area contributed by atoms with Gasteiger partial charge >= 0.3 is 18.7 Å². The highest BCUT2D eigenvalue weighted by atomic mass is 19.4. The second-order valence-electron chi connectivity index (χ2n) is 10.8. The van der Waals surface area contributed by atoms with E-state index >= 15 is 0 Å². The van der Waals surface area contributed by atoms with Crippen molar-refractivity contribution in [2.75, 3.05) is 13.1 Å². The van der Waals surface area contributed by atoms with Crippen LogP contribution in [0.4, 0.5) is 22.0 Å². The lowest BCUT2D eigenvalue weighted by Crippen LogP contribution is -2.70. The number of rotatable bonds is 10. The van der Waals surface area contributed by atoms with Crippen LogP contribution in [0.15, 0.2) is 12.2 Å². The maximum Gasteiger partial charge on any atom is 0.471 e. The predicted molar refractivity (Wildman–Crippen MR) is 124 cm³/mol. The summed E-state index contributed by atoms with van der Waals surface area (Å²) in [5.41, 5.74) is 9.49. The Balaban J connectivity index is 1.82. The molecule has 2 bridgehead atoms. The molecule has 222 valence electrons. The van der Waals surface area contributed by atoms with E-state index in [0.29, 0.717) is 6.42 Å². The number of nitrogens with two attached hydrogens (primary N) is 2. The van der Waals surface area contributed by atoms with Gasteiger partial charge in [-0.2, -0.15) is 22.0 Å². The van der Waals surface area contributed by atoms with E-state index < -0.39 is 83.7 Å². The summed E-state index contributed by atoms with van der Waals surface area (Å²) in [4.78, 5) is 65.5. The molecule has 2 heterocycles. The number of likely N-dealkylation sites (tertiary alicyclic amines) is 1. The van der Waals surface area contributed by atoms with Crippen molar-refractivity contribution in [2.24, 2.45) is 47.0 Å². The number of allylic oxidation sites excluding steroid dienone is 2. The maximum atomic E-state index is 14.0. The molecular formula is C24H30F5N5O6. The SMILES string of the molecule is C[C@@H](OC(F)F)[C@H](NC(=O)C(F)(F)F)C(=O)N1CC2C3C=CC(C3)C2C1(C(N)=O)[C@H](C[C@H]1CCNC1=O)C(N)=O. The monoisotopic (exact) mass is 579 g/mol. The molecule has 0 aromatic heterocycles. The van der Waals surface area contributed by atoms with Gasteiger partial charge in [0.2, 0.25) is 23.6 Å². The summed E-state index contributed by atoms with van der Waals surface area (Å²) in [5, 5.41) is 4.01. The zero-order valence-corrected chi connectivity index (χ0v) is 21.3. The van der Waals surface area contributed by atoms with Crippen LogP contribution in [-0.2, 0) is 28.7 Å². The Hall–Kier alpha value is -3.30. The molecule has 16 heteroatoms. The summed E-state index contributed by atoms with van der Waals surface area (Å²) in [5.74, 6) is -10.8. The van der Waals surface area contributed by atoms with Gasteiger partial charge in [-0.25, -0.2) is 0 Å². The molecule has 4 rings (SSSR count). The van der Waals surface area contributed by atoms with E-state index in [2.05, 4.69) is 10.1 Å². The van der Waals surface area contributed by atoms with Crippen LogP contribution in [0.5, 0.6) is 0 Å². The zero-order valence-electron chi connectivity index (χ0n) is 21.3. The molecule has 5 amide bonds. The number of carbonyl (C=O) groups is 5. The first-order valence-electron chi connectivity index (χ1n) is 12.8. The molecule has 2 saturated heterocycles. The first-order chi connectivity index (χ1) is 18.6. The van der Waals surface area contributed by atoms with Gasteiger partial charge < -0.3 is 31.7 Å². The second-order valence-corrected chi connectivity index (χ2v) is 10.8. The van der Waals surface area contributed by atoms with Crippen molar-refractivity contribution >= 4 is 29.5 Å². The van der Waals surface area contributed by atoms with E-state index in [0.717, 1.165) is 11.8 Å². The molecule has 11 nitrogen and oxygen atoms in total. The van der Waals surface area contributed by atoms with Crippen LogP contribution >= 0.6 is 0 Å². The normalized spacial score (nSPS) is 33.0. The standard InChI is InChI=1S/C24H30F5N5O6/c1-9(40-22(25)26)16(33-21(39)24(27,28)29)19(37)34-8-13-10-2-3-11(6-10)15(13)23(34,20(31)38)14(17(30)35)7-12-4-5-32-18(12)36/h2-3,9-16,22H,4-8H2,1H3,(H2,30,35)(H2,31,38)(H,32,36)(H,33,39)/t9-,10?,11?,12-,13?,14-,15?,16+,23?/m1/s1. The first-order valence-corrected chi connectivity index (χ1v) is 12.8. The molecule has 0 aromatic rings. The molecule has 3 fully saturated rings. The van der Waals surface area contributed by atoms with Gasteiger partial charge in [-0.3, -0.25) is 24.0 Å². The van der Waals surface area contributed by atoms with Crippen LogP contribution in [-0.4, -0.2) is 78.0 Å². The highest BCUT2D eigenvalue weighted by Gasteiger charge is 2.70. The smallest absolute Gasteiger partial charge is 0.369 e. The lowest BCUT2D eigenvalue weighted by Gasteiger charge is -2.47. The minimum atomic E-state index is -5.49. The molecule has 9 atom stereocenters. The first kappa shape index (κ1) is 29.7. The summed E-state index contributed by atoms with van der Waals surface area (Å²) >= 11 is 0. The quantitative estimate of drug-likeness (QED) is 0.206. The average Bonchev–Trinajstić information content (AvgIpc) is 3.61. The van der Waals surface area contributed by atoms with Crippen molar-refractivity contribution in [3.8, 4) is 0 Å². The minimum absolute atomic E-state index is 0.173. The van der Waals surface area contributed by atoms with E-state index in [9.17, 15) is 45.9 Å². The molecule has 0 radical (unpaired) electrons. The summed E-state index contributed by atoms with van der Waals surface area (Å²) in [6.07, 6.45) is -3.27. The third-order valence-electron chi connectivity index (χ3n) is 8.79. The Labute approximate surface area is 225 Å². The highest BCUT2D eigenvalue weighted by molar-refractivity contribution is 6.00. The highest BCUT2D eigenvalue weighted by Crippen LogP contribution is 2.60. The lowest BCUT2D eigenvalue weighted by molar-refractivity contribution is -0.187. The van der Waals surface area contributed by atoms with E-state index in [1.165, 1.54) is 5.32 Å². The van der Waals surface area contributed by atoms with Gasteiger partial charge in [-0.15, -0.1) is 0 Å². The summed E-state index contributed by atoms with van der Waals surface area (Å²) in [7, 11) is 0. The van der Waals surface area contributed by atoms with Crippen LogP contribution in [0.3, 0.4) is 0 Å². The van der Waals surface area contributed by atoms with Gasteiger partial charge in [0.1, 0.15) is 11.6 Å². The third kappa shape index (κ3) is 4.90. The van der Waals surface area contributed by atoms with Gasteiger partial charge in [0.25, 0.3) is 0 Å². The molecule has 6 N–H and O–H groups in total. The molecule has 40 heavy (non-hydrogen) atoms. The average molecular weight is 580 g/mol. The van der Waals surface area contributed by atoms with Gasteiger partial charge in [0.05, 0.1) is 12.0 Å². The molecule has 2 aliphatic carbocycles. The minimum Gasteiger partial charge on any atom is -0.369 e. The number of carbonyl (C=O) groups excluding carboxylic acids is 5. The molecule has 5 unspecified atom stereocenters. The number of halogens is 5. The van der Waals surface area contributed by atoms with E-state index in [1.807, 2.05) is 6.08 Å². The summed E-state index contributed by atoms with van der Waals surface area (Å²) < 4.78 is 69.9. The fourth-order valence-corrected chi connectivity index (χ4v) is 7.21. The van der Waals surface area contributed by atoms with Crippen molar-refractivity contribution < 1.29 is 50.7 Å². The summed E-state index contributed by atoms with van der Waals surface area (Å²) in [6.45, 7) is -2.66. The van der Waals surface area contributed by atoms with Gasteiger partial charge in [-0.05, 0) is 43.9 Å². The number of nitrogens with one attached hydrogen (secondary N) is 2. The van der Waals surface area contributed by atoms with Crippen LogP contribution in [0.1, 0.15) is 26.2 Å². The number of ether oxygens (including phenoxy) is 1. The Morgan fingerprint density at radius 1 is 1.20 bits per heavy atom. The molecule has 4 aliphatic rings. The van der Waals surface area contributed by atoms with Crippen LogP contribution < -0.4 is 22.1 Å². The number of nitrogens with zero attached hydrogens (tertiary/aromatic N) is 1. The van der Waals surface area contributed by atoms with E-state index in [4.69, 9.17) is 11.5 Å². The van der Waals surface area contributed by atoms with Crippen LogP contribution in [0, 0.1) is 35.5 Å². The molecule has 2 aliphatic heterocycles. The van der Waals surface area contributed by atoms with Crippen molar-refractivity contribution in [2.45, 2.75) is 56.7 Å². The molecule has 0 aromatic carbocycles. The van der Waals surface area contributed by atoms with Gasteiger partial charge in [0.15, 0.2) is 0 Å². The maximum absolute atomic E-state index is 14.0. The number of primary amides is 2. The van der Waals surface area contributed by atoms with E-state index in [-0.39, 0.29) is 37.8 Å². The Morgan fingerprint density at radius 3 is 2.38 bits per heavy atom. The number of hydrogen-bond acceptors (Lipinski definition) is 6.